The van der Waals surface area contributed by atoms with Gasteiger partial charge in [0.25, 0.3) is 5.91 Å². The summed E-state index contributed by atoms with van der Waals surface area (Å²) in [6.07, 6.45) is 6.29. The van der Waals surface area contributed by atoms with Crippen LogP contribution in [0.4, 0.5) is 0 Å². The van der Waals surface area contributed by atoms with E-state index in [0.29, 0.717) is 24.6 Å². The number of carbonyl (C=O) groups is 1. The first kappa shape index (κ1) is 21.7. The van der Waals surface area contributed by atoms with Gasteiger partial charge in [0.15, 0.2) is 18.0 Å². The molecule has 0 spiro atoms. The van der Waals surface area contributed by atoms with Crippen LogP contribution in [-0.2, 0) is 11.3 Å². The Bertz CT molecular complexity index is 884. The number of likely N-dealkylation sites (tertiary alicyclic amines) is 1. The first-order chi connectivity index (χ1) is 15.0. The van der Waals surface area contributed by atoms with Crippen LogP contribution >= 0.6 is 0 Å². The van der Waals surface area contributed by atoms with Crippen LogP contribution in [0.15, 0.2) is 41.0 Å². The SMILES string of the molecule is COc1ccc([C@@H]2[C@@H]3CCCC[C@@]3(O)CC[NH+]2CC(=O)NCc2ccco2)cc1OC. The first-order valence-corrected chi connectivity index (χ1v) is 11.1. The monoisotopic (exact) mass is 429 g/mol. The third kappa shape index (κ3) is 4.57. The molecular formula is C24H33N2O5+. The Hall–Kier alpha value is -2.51. The molecule has 3 N–H and O–H groups in total. The highest BCUT2D eigenvalue weighted by atomic mass is 16.5. The smallest absolute Gasteiger partial charge is 0.275 e. The molecule has 1 aromatic heterocycles. The number of fused-ring (bicyclic) bond motifs is 1. The standard InChI is InChI=1S/C24H32N2O5/c1-29-20-9-8-17(14-21(20)30-2)23-19-7-3-4-10-24(19,28)11-12-26(23)16-22(27)25-15-18-6-5-13-31-18/h5-6,8-9,13-14,19,23,28H,3-4,7,10-12,15-16H2,1-2H3,(H,25,27)/p+1/t19-,23+,24+/m0/s1. The number of amides is 1. The first-order valence-electron chi connectivity index (χ1n) is 11.1. The number of benzene rings is 1. The predicted octanol–water partition coefficient (Wildman–Crippen LogP) is 1.86. The quantitative estimate of drug-likeness (QED) is 0.626. The lowest BCUT2D eigenvalue weighted by molar-refractivity contribution is -0.937. The molecule has 1 unspecified atom stereocenters. The molecule has 2 heterocycles. The Balaban J connectivity index is 1.58. The summed E-state index contributed by atoms with van der Waals surface area (Å²) in [4.78, 5) is 13.9. The number of furan rings is 1. The number of piperidine rings is 1. The van der Waals surface area contributed by atoms with Gasteiger partial charge in [-0.25, -0.2) is 0 Å². The normalized spacial score (nSPS) is 27.9. The fraction of sp³-hybridized carbons (Fsp3) is 0.542. The van der Waals surface area contributed by atoms with Gasteiger partial charge in [-0.2, -0.15) is 0 Å². The van der Waals surface area contributed by atoms with Crippen molar-refractivity contribution in [3.8, 4) is 11.5 Å². The third-order valence-corrected chi connectivity index (χ3v) is 6.98. The van der Waals surface area contributed by atoms with Crippen LogP contribution in [0.2, 0.25) is 0 Å². The van der Waals surface area contributed by atoms with Crippen LogP contribution in [0.3, 0.4) is 0 Å². The van der Waals surface area contributed by atoms with E-state index in [1.807, 2.05) is 30.3 Å². The van der Waals surface area contributed by atoms with Crippen molar-refractivity contribution in [1.29, 1.82) is 0 Å². The zero-order valence-corrected chi connectivity index (χ0v) is 18.4. The summed E-state index contributed by atoms with van der Waals surface area (Å²) in [5.74, 6) is 2.18. The fourth-order valence-corrected chi connectivity index (χ4v) is 5.43. The number of aliphatic hydroxyl groups is 1. The van der Waals surface area contributed by atoms with E-state index in [4.69, 9.17) is 13.9 Å². The molecule has 1 aliphatic heterocycles. The van der Waals surface area contributed by atoms with Gasteiger partial charge in [-0.15, -0.1) is 0 Å². The lowest BCUT2D eigenvalue weighted by atomic mass is 9.66. The van der Waals surface area contributed by atoms with Crippen LogP contribution in [-0.4, -0.2) is 43.9 Å². The second-order valence-corrected chi connectivity index (χ2v) is 8.74. The van der Waals surface area contributed by atoms with E-state index in [1.165, 1.54) is 4.90 Å². The zero-order chi connectivity index (χ0) is 21.8. The maximum atomic E-state index is 12.8. The van der Waals surface area contributed by atoms with Gasteiger partial charge in [-0.1, -0.05) is 12.8 Å². The summed E-state index contributed by atoms with van der Waals surface area (Å²) in [5, 5.41) is 14.4. The van der Waals surface area contributed by atoms with Gasteiger partial charge in [0.1, 0.15) is 11.8 Å². The van der Waals surface area contributed by atoms with Crippen LogP contribution in [0.1, 0.15) is 49.5 Å². The second kappa shape index (κ2) is 9.32. The van der Waals surface area contributed by atoms with Crippen LogP contribution in [0.25, 0.3) is 0 Å². The Morgan fingerprint density at radius 1 is 1.23 bits per heavy atom. The molecule has 1 saturated carbocycles. The highest BCUT2D eigenvalue weighted by molar-refractivity contribution is 5.76. The lowest BCUT2D eigenvalue weighted by Gasteiger charge is -2.50. The molecule has 0 radical (unpaired) electrons. The summed E-state index contributed by atoms with van der Waals surface area (Å²) >= 11 is 0. The van der Waals surface area contributed by atoms with E-state index in [1.54, 1.807) is 20.5 Å². The number of nitrogens with one attached hydrogen (secondary N) is 2. The van der Waals surface area contributed by atoms with Gasteiger partial charge in [0, 0.05) is 17.9 Å². The van der Waals surface area contributed by atoms with Gasteiger partial charge in [0.2, 0.25) is 0 Å². The summed E-state index contributed by atoms with van der Waals surface area (Å²) in [6, 6.07) is 9.65. The maximum Gasteiger partial charge on any atom is 0.275 e. The molecule has 1 aromatic carbocycles. The number of ether oxygens (including phenoxy) is 2. The molecule has 2 aromatic rings. The Morgan fingerprint density at radius 2 is 2.06 bits per heavy atom. The van der Waals surface area contributed by atoms with Crippen molar-refractivity contribution in [1.82, 2.24) is 5.32 Å². The van der Waals surface area contributed by atoms with E-state index in [-0.39, 0.29) is 17.9 Å². The Morgan fingerprint density at radius 3 is 2.81 bits per heavy atom. The van der Waals surface area contributed by atoms with Crippen molar-refractivity contribution >= 4 is 5.91 Å². The summed E-state index contributed by atoms with van der Waals surface area (Å²) < 4.78 is 16.3. The van der Waals surface area contributed by atoms with Gasteiger partial charge in [0.05, 0.1) is 39.2 Å². The topological polar surface area (TPSA) is 85.4 Å². The van der Waals surface area contributed by atoms with Gasteiger partial charge >= 0.3 is 0 Å². The summed E-state index contributed by atoms with van der Waals surface area (Å²) in [6.45, 7) is 1.49. The van der Waals surface area contributed by atoms with E-state index >= 15 is 0 Å². The number of quaternary nitrogens is 1. The van der Waals surface area contributed by atoms with Gasteiger partial charge < -0.3 is 29.2 Å². The highest BCUT2D eigenvalue weighted by Gasteiger charge is 2.52. The zero-order valence-electron chi connectivity index (χ0n) is 18.4. The van der Waals surface area contributed by atoms with Crippen molar-refractivity contribution in [3.63, 3.8) is 0 Å². The van der Waals surface area contributed by atoms with Crippen molar-refractivity contribution < 1.29 is 28.7 Å². The molecule has 1 aliphatic carbocycles. The second-order valence-electron chi connectivity index (χ2n) is 8.74. The van der Waals surface area contributed by atoms with E-state index < -0.39 is 5.60 Å². The number of hydrogen-bond acceptors (Lipinski definition) is 5. The Kier molecular flexibility index (Phi) is 6.53. The predicted molar refractivity (Wildman–Crippen MR) is 115 cm³/mol. The van der Waals surface area contributed by atoms with Crippen LogP contribution in [0.5, 0.6) is 11.5 Å². The molecule has 2 fully saturated rings. The molecule has 2 aliphatic rings. The van der Waals surface area contributed by atoms with Crippen molar-refractivity contribution in [2.45, 2.75) is 50.3 Å². The number of methoxy groups -OCH3 is 2. The van der Waals surface area contributed by atoms with Crippen LogP contribution < -0.4 is 19.7 Å². The minimum atomic E-state index is -0.662. The van der Waals surface area contributed by atoms with E-state index in [9.17, 15) is 9.90 Å². The summed E-state index contributed by atoms with van der Waals surface area (Å²) in [7, 11) is 3.26. The number of carbonyl (C=O) groups excluding carboxylic acids is 1. The third-order valence-electron chi connectivity index (χ3n) is 6.98. The average Bonchev–Trinajstić information content (AvgIpc) is 3.31. The lowest BCUT2D eigenvalue weighted by Crippen LogP contribution is -3.16. The maximum absolute atomic E-state index is 12.8. The fourth-order valence-electron chi connectivity index (χ4n) is 5.43. The minimum absolute atomic E-state index is 0.0156. The number of hydrogen-bond donors (Lipinski definition) is 3. The molecule has 168 valence electrons. The molecule has 7 nitrogen and oxygen atoms in total. The largest absolute Gasteiger partial charge is 0.493 e. The van der Waals surface area contributed by atoms with E-state index in [0.717, 1.165) is 50.0 Å². The highest BCUT2D eigenvalue weighted by Crippen LogP contribution is 2.45. The van der Waals surface area contributed by atoms with Gasteiger partial charge in [-0.05, 0) is 43.2 Å². The van der Waals surface area contributed by atoms with Crippen molar-refractivity contribution in [2.24, 2.45) is 5.92 Å². The summed E-state index contributed by atoms with van der Waals surface area (Å²) in [5.41, 5.74) is 0.418. The van der Waals surface area contributed by atoms with E-state index in [2.05, 4.69) is 5.32 Å². The van der Waals surface area contributed by atoms with Gasteiger partial charge in [-0.3, -0.25) is 4.79 Å². The molecule has 31 heavy (non-hydrogen) atoms. The molecule has 0 bridgehead atoms. The molecule has 1 amide bonds. The average molecular weight is 430 g/mol. The molecule has 1 saturated heterocycles. The van der Waals surface area contributed by atoms with Crippen molar-refractivity contribution in [2.75, 3.05) is 27.3 Å². The molecular weight excluding hydrogens is 396 g/mol. The molecule has 4 rings (SSSR count). The van der Waals surface area contributed by atoms with Crippen molar-refractivity contribution in [3.05, 3.63) is 47.9 Å². The Labute approximate surface area is 183 Å². The number of rotatable bonds is 7. The minimum Gasteiger partial charge on any atom is -0.493 e. The molecule has 4 atom stereocenters. The molecule has 7 heteroatoms. The van der Waals surface area contributed by atoms with Crippen LogP contribution in [0, 0.1) is 5.92 Å².